The lowest BCUT2D eigenvalue weighted by Gasteiger charge is -2.23. The van der Waals surface area contributed by atoms with Gasteiger partial charge < -0.3 is 15.0 Å². The van der Waals surface area contributed by atoms with E-state index in [1.165, 1.54) is 7.11 Å². The molecule has 0 aromatic heterocycles. The van der Waals surface area contributed by atoms with Crippen LogP contribution in [0.2, 0.25) is 0 Å². The van der Waals surface area contributed by atoms with Crippen LogP contribution in [0.15, 0.2) is 22.7 Å². The number of rotatable bonds is 6. The van der Waals surface area contributed by atoms with E-state index in [1.54, 1.807) is 4.90 Å². The molecule has 0 saturated heterocycles. The maximum atomic E-state index is 13.2. The van der Waals surface area contributed by atoms with Crippen molar-refractivity contribution in [1.82, 2.24) is 5.32 Å². The molecule has 0 atom stereocenters. The lowest BCUT2D eigenvalue weighted by molar-refractivity contribution is -0.140. The number of esters is 1. The molecule has 1 heterocycles. The predicted octanol–water partition coefficient (Wildman–Crippen LogP) is 2.68. The lowest BCUT2D eigenvalue weighted by atomic mass is 9.80. The Kier molecular flexibility index (Phi) is 5.65. The van der Waals surface area contributed by atoms with E-state index in [-0.39, 0.29) is 30.7 Å². The van der Waals surface area contributed by atoms with Crippen molar-refractivity contribution in [2.24, 2.45) is 0 Å². The second-order valence-corrected chi connectivity index (χ2v) is 7.79. The molecule has 3 rings (SSSR count). The van der Waals surface area contributed by atoms with Crippen molar-refractivity contribution in [3.8, 4) is 0 Å². The molecular weight excluding hydrogens is 400 g/mol. The minimum Gasteiger partial charge on any atom is -0.469 e. The Morgan fingerprint density at radius 1 is 1.31 bits per heavy atom. The minimum atomic E-state index is -0.468. The third-order valence-corrected chi connectivity index (χ3v) is 5.78. The number of methoxy groups -OCH3 is 1. The van der Waals surface area contributed by atoms with Crippen molar-refractivity contribution < 1.29 is 19.1 Å². The molecule has 1 aliphatic heterocycles. The Labute approximate surface area is 161 Å². The highest BCUT2D eigenvalue weighted by molar-refractivity contribution is 9.10. The van der Waals surface area contributed by atoms with Gasteiger partial charge in [-0.2, -0.15) is 0 Å². The molecule has 0 radical (unpaired) electrons. The number of hydrogen-bond acceptors (Lipinski definition) is 4. The fourth-order valence-electron chi connectivity index (χ4n) is 3.99. The van der Waals surface area contributed by atoms with Gasteiger partial charge in [-0.15, -0.1) is 0 Å². The number of nitrogens with zero attached hydrogens (tertiary/aromatic N) is 1. The molecule has 1 aliphatic carbocycles. The molecule has 0 bridgehead atoms. The minimum absolute atomic E-state index is 0.00738. The van der Waals surface area contributed by atoms with Crippen LogP contribution in [0.3, 0.4) is 0 Å². The van der Waals surface area contributed by atoms with E-state index in [0.29, 0.717) is 13.0 Å². The molecule has 1 N–H and O–H groups in total. The van der Waals surface area contributed by atoms with Crippen molar-refractivity contribution in [2.45, 2.75) is 43.9 Å². The molecule has 140 valence electrons. The summed E-state index contributed by atoms with van der Waals surface area (Å²) in [5.41, 5.74) is 1.40. The van der Waals surface area contributed by atoms with E-state index in [4.69, 9.17) is 0 Å². The van der Waals surface area contributed by atoms with Gasteiger partial charge in [-0.25, -0.2) is 0 Å². The molecule has 1 aromatic rings. The van der Waals surface area contributed by atoms with E-state index >= 15 is 0 Å². The normalized spacial score (nSPS) is 17.5. The zero-order chi connectivity index (χ0) is 18.7. The van der Waals surface area contributed by atoms with Crippen molar-refractivity contribution in [3.63, 3.8) is 0 Å². The molecule has 7 heteroatoms. The number of amides is 2. The first-order valence-electron chi connectivity index (χ1n) is 8.93. The fraction of sp³-hybridized carbons (Fsp3) is 0.526. The molecule has 1 aromatic carbocycles. The molecule has 6 nitrogen and oxygen atoms in total. The summed E-state index contributed by atoms with van der Waals surface area (Å²) in [6.07, 6.45) is 4.52. The van der Waals surface area contributed by atoms with Crippen LogP contribution in [0.1, 0.15) is 44.1 Å². The third-order valence-electron chi connectivity index (χ3n) is 5.29. The first-order chi connectivity index (χ1) is 12.5. The monoisotopic (exact) mass is 422 g/mol. The van der Waals surface area contributed by atoms with Gasteiger partial charge in [0.15, 0.2) is 0 Å². The predicted molar refractivity (Wildman–Crippen MR) is 101 cm³/mol. The molecule has 1 saturated carbocycles. The van der Waals surface area contributed by atoms with Crippen LogP contribution in [0, 0.1) is 0 Å². The Morgan fingerprint density at radius 3 is 2.73 bits per heavy atom. The van der Waals surface area contributed by atoms with Crippen LogP contribution >= 0.6 is 15.9 Å². The lowest BCUT2D eigenvalue weighted by Crippen LogP contribution is -2.44. The summed E-state index contributed by atoms with van der Waals surface area (Å²) in [6, 6.07) is 5.84. The summed E-state index contributed by atoms with van der Waals surface area (Å²) >= 11 is 3.50. The maximum absolute atomic E-state index is 13.2. The van der Waals surface area contributed by atoms with Crippen molar-refractivity contribution in [1.29, 1.82) is 0 Å². The van der Waals surface area contributed by atoms with E-state index in [9.17, 15) is 14.4 Å². The number of carbonyl (C=O) groups is 3. The van der Waals surface area contributed by atoms with Crippen molar-refractivity contribution >= 4 is 39.4 Å². The quantitative estimate of drug-likeness (QED) is 0.564. The average molecular weight is 423 g/mol. The van der Waals surface area contributed by atoms with Crippen molar-refractivity contribution in [2.75, 3.05) is 25.1 Å². The van der Waals surface area contributed by atoms with E-state index in [2.05, 4.69) is 26.0 Å². The van der Waals surface area contributed by atoms with Gasteiger partial charge in [-0.3, -0.25) is 14.4 Å². The zero-order valence-electron chi connectivity index (χ0n) is 14.8. The Balaban J connectivity index is 1.68. The molecule has 1 fully saturated rings. The molecule has 2 amide bonds. The molecule has 26 heavy (non-hydrogen) atoms. The standard InChI is InChI=1S/C19H23BrN2O4/c1-26-17(24)5-4-10-21-16(23)12-22-15-7-6-13(20)11-14(15)19(18(22)25)8-2-3-9-19/h6-7,11H,2-5,8-10,12H2,1H3,(H,21,23). The second kappa shape index (κ2) is 7.78. The van der Waals surface area contributed by atoms with E-state index in [0.717, 1.165) is 41.4 Å². The van der Waals surface area contributed by atoms with Gasteiger partial charge in [0.25, 0.3) is 0 Å². The summed E-state index contributed by atoms with van der Waals surface area (Å²) in [6.45, 7) is 0.391. The first-order valence-corrected chi connectivity index (χ1v) is 9.73. The molecule has 0 unspecified atom stereocenters. The van der Waals surface area contributed by atoms with E-state index in [1.807, 2.05) is 18.2 Å². The van der Waals surface area contributed by atoms with Gasteiger partial charge in [0.1, 0.15) is 6.54 Å². The van der Waals surface area contributed by atoms with Crippen LogP contribution in [0.25, 0.3) is 0 Å². The highest BCUT2D eigenvalue weighted by Gasteiger charge is 2.52. The number of anilines is 1. The molecular formula is C19H23BrN2O4. The fourth-order valence-corrected chi connectivity index (χ4v) is 4.35. The SMILES string of the molecule is COC(=O)CCCNC(=O)CN1C(=O)C2(CCCC2)c2cc(Br)ccc21. The van der Waals surface area contributed by atoms with Crippen LogP contribution in [0.4, 0.5) is 5.69 Å². The number of benzene rings is 1. The van der Waals surface area contributed by atoms with Gasteiger partial charge in [0.05, 0.1) is 12.5 Å². The highest BCUT2D eigenvalue weighted by Crippen LogP contribution is 2.51. The van der Waals surface area contributed by atoms with Gasteiger partial charge >= 0.3 is 5.97 Å². The summed E-state index contributed by atoms with van der Waals surface area (Å²) in [5.74, 6) is -0.475. The number of hydrogen-bond donors (Lipinski definition) is 1. The summed E-state index contributed by atoms with van der Waals surface area (Å²) in [7, 11) is 1.34. The van der Waals surface area contributed by atoms with E-state index < -0.39 is 5.41 Å². The third kappa shape index (κ3) is 3.49. The number of ether oxygens (including phenoxy) is 1. The Hall–Kier alpha value is -1.89. The topological polar surface area (TPSA) is 75.7 Å². The van der Waals surface area contributed by atoms with Crippen molar-refractivity contribution in [3.05, 3.63) is 28.2 Å². The van der Waals surface area contributed by atoms with Crippen LogP contribution in [-0.4, -0.2) is 38.0 Å². The number of halogens is 1. The summed E-state index contributed by atoms with van der Waals surface area (Å²) < 4.78 is 5.52. The molecule has 2 aliphatic rings. The number of nitrogens with one attached hydrogen (secondary N) is 1. The Morgan fingerprint density at radius 2 is 2.04 bits per heavy atom. The van der Waals surface area contributed by atoms with Crippen LogP contribution in [0.5, 0.6) is 0 Å². The molecule has 1 spiro atoms. The second-order valence-electron chi connectivity index (χ2n) is 6.87. The first kappa shape index (κ1) is 18.9. The highest BCUT2D eigenvalue weighted by atomic mass is 79.9. The largest absolute Gasteiger partial charge is 0.469 e. The van der Waals surface area contributed by atoms with Gasteiger partial charge in [0.2, 0.25) is 11.8 Å². The van der Waals surface area contributed by atoms with Crippen LogP contribution in [-0.2, 0) is 24.5 Å². The number of carbonyl (C=O) groups excluding carboxylic acids is 3. The smallest absolute Gasteiger partial charge is 0.305 e. The number of fused-ring (bicyclic) bond motifs is 2. The van der Waals surface area contributed by atoms with Gasteiger partial charge in [-0.1, -0.05) is 28.8 Å². The van der Waals surface area contributed by atoms with Crippen LogP contribution < -0.4 is 10.2 Å². The Bertz CT molecular complexity index is 728. The maximum Gasteiger partial charge on any atom is 0.305 e. The van der Waals surface area contributed by atoms with Gasteiger partial charge in [0, 0.05) is 23.1 Å². The summed E-state index contributed by atoms with van der Waals surface area (Å²) in [4.78, 5) is 38.2. The zero-order valence-corrected chi connectivity index (χ0v) is 16.4. The van der Waals surface area contributed by atoms with Gasteiger partial charge in [-0.05, 0) is 43.0 Å². The summed E-state index contributed by atoms with van der Waals surface area (Å²) in [5, 5.41) is 2.78. The average Bonchev–Trinajstić information content (AvgIpc) is 3.20.